The van der Waals surface area contributed by atoms with Crippen molar-refractivity contribution >= 4 is 23.6 Å². The number of urea groups is 1. The second kappa shape index (κ2) is 5.93. The second-order valence-corrected chi connectivity index (χ2v) is 5.28. The van der Waals surface area contributed by atoms with Crippen LogP contribution in [0.5, 0.6) is 0 Å². The van der Waals surface area contributed by atoms with Gasteiger partial charge < -0.3 is 15.3 Å². The van der Waals surface area contributed by atoms with Crippen LogP contribution in [0.25, 0.3) is 0 Å². The smallest absolute Gasteiger partial charge is 0.328 e. The van der Waals surface area contributed by atoms with Gasteiger partial charge in [-0.2, -0.15) is 0 Å². The van der Waals surface area contributed by atoms with Gasteiger partial charge in [-0.25, -0.2) is 9.59 Å². The summed E-state index contributed by atoms with van der Waals surface area (Å²) in [7, 11) is 1.60. The highest BCUT2D eigenvalue weighted by atomic mass is 35.5. The molecule has 104 valence electrons. The Morgan fingerprint density at radius 3 is 2.32 bits per heavy atom. The number of benzene rings is 1. The van der Waals surface area contributed by atoms with Crippen LogP contribution in [0, 0.1) is 0 Å². The normalized spacial score (nSPS) is 10.9. The molecule has 19 heavy (non-hydrogen) atoms. The van der Waals surface area contributed by atoms with Gasteiger partial charge in [0.05, 0.1) is 0 Å². The fraction of sp³-hybridized carbons (Fsp3) is 0.385. The molecule has 2 amide bonds. The molecule has 0 aromatic heterocycles. The number of hydrogen-bond donors (Lipinski definition) is 2. The minimum Gasteiger partial charge on any atom is -0.480 e. The van der Waals surface area contributed by atoms with Crippen molar-refractivity contribution in [2.24, 2.45) is 0 Å². The summed E-state index contributed by atoms with van der Waals surface area (Å²) in [6, 6.07) is 6.67. The van der Waals surface area contributed by atoms with Crippen molar-refractivity contribution in [2.45, 2.75) is 25.9 Å². The number of hydrogen-bond acceptors (Lipinski definition) is 2. The lowest BCUT2D eigenvalue weighted by Crippen LogP contribution is -2.53. The van der Waals surface area contributed by atoms with Gasteiger partial charge in [-0.3, -0.25) is 0 Å². The summed E-state index contributed by atoms with van der Waals surface area (Å²) in [5.74, 6) is -1.08. The van der Waals surface area contributed by atoms with Crippen LogP contribution in [-0.4, -0.2) is 34.6 Å². The molecule has 0 spiro atoms. The van der Waals surface area contributed by atoms with E-state index < -0.39 is 17.5 Å². The maximum atomic E-state index is 11.9. The zero-order chi connectivity index (χ0) is 14.6. The Labute approximate surface area is 117 Å². The topological polar surface area (TPSA) is 69.6 Å². The molecule has 0 aliphatic rings. The summed E-state index contributed by atoms with van der Waals surface area (Å²) >= 11 is 5.77. The summed E-state index contributed by atoms with van der Waals surface area (Å²) in [6.07, 6.45) is 0. The third-order valence-electron chi connectivity index (χ3n) is 2.63. The number of nitrogens with one attached hydrogen (secondary N) is 1. The van der Waals surface area contributed by atoms with E-state index in [4.69, 9.17) is 16.7 Å². The molecular formula is C13H17ClN2O3. The van der Waals surface area contributed by atoms with Crippen molar-refractivity contribution in [3.63, 3.8) is 0 Å². The van der Waals surface area contributed by atoms with Gasteiger partial charge in [0.2, 0.25) is 0 Å². The zero-order valence-electron chi connectivity index (χ0n) is 11.1. The molecule has 0 aliphatic carbocycles. The van der Waals surface area contributed by atoms with Crippen LogP contribution in [0.4, 0.5) is 4.79 Å². The van der Waals surface area contributed by atoms with Gasteiger partial charge in [0, 0.05) is 18.6 Å². The van der Waals surface area contributed by atoms with Crippen molar-refractivity contribution in [3.05, 3.63) is 34.9 Å². The SMILES string of the molecule is CN(Cc1ccc(Cl)cc1)C(=O)NC(C)(C)C(=O)O. The summed E-state index contributed by atoms with van der Waals surface area (Å²) in [5, 5.41) is 12.0. The molecule has 6 heteroatoms. The van der Waals surface area contributed by atoms with E-state index in [2.05, 4.69) is 5.32 Å². The standard InChI is InChI=1S/C13H17ClN2O3/c1-13(2,11(17)18)15-12(19)16(3)8-9-4-6-10(14)7-5-9/h4-7H,8H2,1-3H3,(H,15,19)(H,17,18). The molecule has 1 aromatic rings. The quantitative estimate of drug-likeness (QED) is 0.892. The lowest BCUT2D eigenvalue weighted by atomic mass is 10.1. The molecule has 0 aliphatic heterocycles. The van der Waals surface area contributed by atoms with Gasteiger partial charge in [-0.15, -0.1) is 0 Å². The molecule has 0 heterocycles. The van der Waals surface area contributed by atoms with Crippen LogP contribution < -0.4 is 5.32 Å². The number of carbonyl (C=O) groups excluding carboxylic acids is 1. The number of aliphatic carboxylic acids is 1. The molecule has 0 atom stereocenters. The van der Waals surface area contributed by atoms with E-state index in [1.54, 1.807) is 19.2 Å². The fourth-order valence-corrected chi connectivity index (χ4v) is 1.48. The van der Waals surface area contributed by atoms with Crippen LogP contribution in [-0.2, 0) is 11.3 Å². The van der Waals surface area contributed by atoms with Gasteiger partial charge in [0.1, 0.15) is 5.54 Å². The first-order valence-corrected chi connectivity index (χ1v) is 6.11. The van der Waals surface area contributed by atoms with Crippen LogP contribution in [0.3, 0.4) is 0 Å². The first-order valence-electron chi connectivity index (χ1n) is 5.73. The summed E-state index contributed by atoms with van der Waals surface area (Å²) in [4.78, 5) is 24.2. The molecule has 1 aromatic carbocycles. The van der Waals surface area contributed by atoms with Crippen molar-refractivity contribution in [1.82, 2.24) is 10.2 Å². The Hall–Kier alpha value is -1.75. The van der Waals surface area contributed by atoms with Crippen LogP contribution >= 0.6 is 11.6 Å². The highest BCUT2D eigenvalue weighted by molar-refractivity contribution is 6.30. The zero-order valence-corrected chi connectivity index (χ0v) is 11.9. The Morgan fingerprint density at radius 1 is 1.32 bits per heavy atom. The molecule has 2 N–H and O–H groups in total. The van der Waals surface area contributed by atoms with Gasteiger partial charge in [0.15, 0.2) is 0 Å². The molecule has 0 saturated carbocycles. The van der Waals surface area contributed by atoms with Crippen molar-refractivity contribution in [2.75, 3.05) is 7.05 Å². The maximum Gasteiger partial charge on any atom is 0.328 e. The van der Waals surface area contributed by atoms with E-state index >= 15 is 0 Å². The number of rotatable bonds is 4. The Balaban J connectivity index is 2.63. The Bertz CT molecular complexity index is 471. The third-order valence-corrected chi connectivity index (χ3v) is 2.89. The monoisotopic (exact) mass is 284 g/mol. The molecule has 5 nitrogen and oxygen atoms in total. The molecule has 0 fully saturated rings. The van der Waals surface area contributed by atoms with Crippen molar-refractivity contribution in [1.29, 1.82) is 0 Å². The first kappa shape index (κ1) is 15.3. The first-order chi connectivity index (χ1) is 8.72. The van der Waals surface area contributed by atoms with E-state index in [1.807, 2.05) is 12.1 Å². The van der Waals surface area contributed by atoms with Gasteiger partial charge >= 0.3 is 12.0 Å². The number of nitrogens with zero attached hydrogens (tertiary/aromatic N) is 1. The average molecular weight is 285 g/mol. The lowest BCUT2D eigenvalue weighted by molar-refractivity contribution is -0.143. The van der Waals surface area contributed by atoms with Crippen LogP contribution in [0.1, 0.15) is 19.4 Å². The summed E-state index contributed by atoms with van der Waals surface area (Å²) in [6.45, 7) is 3.24. The Kier molecular flexibility index (Phi) is 4.78. The highest BCUT2D eigenvalue weighted by Gasteiger charge is 2.30. The van der Waals surface area contributed by atoms with Gasteiger partial charge in [-0.1, -0.05) is 23.7 Å². The van der Waals surface area contributed by atoms with E-state index in [0.29, 0.717) is 11.6 Å². The third kappa shape index (κ3) is 4.44. The number of carbonyl (C=O) groups is 2. The maximum absolute atomic E-state index is 11.9. The van der Waals surface area contributed by atoms with Gasteiger partial charge in [-0.05, 0) is 31.5 Å². The summed E-state index contributed by atoms with van der Waals surface area (Å²) < 4.78 is 0. The molecular weight excluding hydrogens is 268 g/mol. The molecule has 1 rings (SSSR count). The van der Waals surface area contributed by atoms with Crippen LogP contribution in [0.15, 0.2) is 24.3 Å². The Morgan fingerprint density at radius 2 is 1.84 bits per heavy atom. The number of carboxylic acid groups (broad SMARTS) is 1. The number of carboxylic acids is 1. The largest absolute Gasteiger partial charge is 0.480 e. The highest BCUT2D eigenvalue weighted by Crippen LogP contribution is 2.11. The van der Waals surface area contributed by atoms with Crippen molar-refractivity contribution in [3.8, 4) is 0 Å². The molecule has 0 unspecified atom stereocenters. The minimum atomic E-state index is -1.30. The number of amides is 2. The average Bonchev–Trinajstić information content (AvgIpc) is 2.31. The van der Waals surface area contributed by atoms with Gasteiger partial charge in [0.25, 0.3) is 0 Å². The molecule has 0 saturated heterocycles. The lowest BCUT2D eigenvalue weighted by Gasteiger charge is -2.25. The van der Waals surface area contributed by atoms with E-state index in [1.165, 1.54) is 18.7 Å². The second-order valence-electron chi connectivity index (χ2n) is 4.84. The van der Waals surface area contributed by atoms with E-state index in [9.17, 15) is 9.59 Å². The number of halogens is 1. The summed E-state index contributed by atoms with van der Waals surface area (Å²) in [5.41, 5.74) is -0.388. The van der Waals surface area contributed by atoms with E-state index in [0.717, 1.165) is 5.56 Å². The minimum absolute atomic E-state index is 0.374. The fourth-order valence-electron chi connectivity index (χ4n) is 1.35. The van der Waals surface area contributed by atoms with Crippen LogP contribution in [0.2, 0.25) is 5.02 Å². The predicted molar refractivity (Wildman–Crippen MR) is 73.2 cm³/mol. The van der Waals surface area contributed by atoms with Crippen molar-refractivity contribution < 1.29 is 14.7 Å². The molecule has 0 bridgehead atoms. The molecule has 0 radical (unpaired) electrons. The predicted octanol–water partition coefficient (Wildman–Crippen LogP) is 2.34. The van der Waals surface area contributed by atoms with E-state index in [-0.39, 0.29) is 0 Å².